The van der Waals surface area contributed by atoms with Crippen molar-refractivity contribution >= 4 is 11.3 Å². The summed E-state index contributed by atoms with van der Waals surface area (Å²) in [5.41, 5.74) is 5.28. The zero-order valence-corrected chi connectivity index (χ0v) is 17.9. The van der Waals surface area contributed by atoms with Gasteiger partial charge in [-0.25, -0.2) is 4.98 Å². The summed E-state index contributed by atoms with van der Waals surface area (Å²) in [6.45, 7) is 6.31. The highest BCUT2D eigenvalue weighted by Crippen LogP contribution is 2.37. The minimum atomic E-state index is 0.210. The predicted molar refractivity (Wildman–Crippen MR) is 114 cm³/mol. The average molecular weight is 415 g/mol. The second-order valence-electron chi connectivity index (χ2n) is 8.95. The molecule has 0 aromatic carbocycles. The Labute approximate surface area is 176 Å². The number of pyridine rings is 1. The highest BCUT2D eigenvalue weighted by molar-refractivity contribution is 7.07. The van der Waals surface area contributed by atoms with Crippen molar-refractivity contribution in [2.75, 3.05) is 33.4 Å². The van der Waals surface area contributed by atoms with Crippen molar-refractivity contribution in [2.45, 2.75) is 50.9 Å². The topological polar surface area (TPSA) is 50.6 Å². The van der Waals surface area contributed by atoms with Crippen LogP contribution in [0.15, 0.2) is 27.8 Å². The summed E-state index contributed by atoms with van der Waals surface area (Å²) in [6, 6.07) is 4.95. The number of rotatable bonds is 5. The molecule has 29 heavy (non-hydrogen) atoms. The van der Waals surface area contributed by atoms with E-state index in [1.807, 2.05) is 5.51 Å². The van der Waals surface area contributed by atoms with Gasteiger partial charge in [0.15, 0.2) is 0 Å². The van der Waals surface area contributed by atoms with E-state index in [-0.39, 0.29) is 5.56 Å². The van der Waals surface area contributed by atoms with Crippen molar-refractivity contribution in [3.63, 3.8) is 0 Å². The van der Waals surface area contributed by atoms with Crippen LogP contribution < -0.4 is 5.56 Å². The lowest BCUT2D eigenvalue weighted by Crippen LogP contribution is -2.52. The molecule has 2 aromatic rings. The molecule has 7 heteroatoms. The Kier molecular flexibility index (Phi) is 5.56. The largest absolute Gasteiger partial charge is 0.381 e. The van der Waals surface area contributed by atoms with Gasteiger partial charge in [-0.2, -0.15) is 0 Å². The fourth-order valence-electron chi connectivity index (χ4n) is 5.44. The molecule has 5 heterocycles. The van der Waals surface area contributed by atoms with Gasteiger partial charge in [0.25, 0.3) is 5.56 Å². The maximum atomic E-state index is 13.3. The van der Waals surface area contributed by atoms with Gasteiger partial charge in [0.2, 0.25) is 0 Å². The Bertz CT molecular complexity index is 891. The molecule has 5 rings (SSSR count). The van der Waals surface area contributed by atoms with Crippen molar-refractivity contribution in [3.05, 3.63) is 50.3 Å². The van der Waals surface area contributed by atoms with E-state index >= 15 is 0 Å². The van der Waals surface area contributed by atoms with Gasteiger partial charge in [0.05, 0.1) is 11.2 Å². The molecule has 2 bridgehead atoms. The third-order valence-electron chi connectivity index (χ3n) is 6.77. The van der Waals surface area contributed by atoms with Crippen LogP contribution in [0.3, 0.4) is 0 Å². The minimum absolute atomic E-state index is 0.210. The minimum Gasteiger partial charge on any atom is -0.381 e. The molecule has 3 aliphatic rings. The normalized spacial score (nSPS) is 25.3. The van der Waals surface area contributed by atoms with Crippen LogP contribution in [0.25, 0.3) is 0 Å². The molecule has 156 valence electrons. The van der Waals surface area contributed by atoms with Gasteiger partial charge < -0.3 is 9.30 Å². The number of ether oxygens (including phenoxy) is 1. The number of aromatic nitrogens is 2. The number of hydrogen-bond acceptors (Lipinski definition) is 6. The van der Waals surface area contributed by atoms with Gasteiger partial charge >= 0.3 is 0 Å². The van der Waals surface area contributed by atoms with Crippen molar-refractivity contribution < 1.29 is 4.74 Å². The second kappa shape index (κ2) is 8.30. The lowest BCUT2D eigenvalue weighted by molar-refractivity contribution is 0.00582. The van der Waals surface area contributed by atoms with Crippen LogP contribution in [0.5, 0.6) is 0 Å². The van der Waals surface area contributed by atoms with Gasteiger partial charge in [-0.05, 0) is 38.3 Å². The molecule has 0 aliphatic carbocycles. The molecule has 0 unspecified atom stereocenters. The van der Waals surface area contributed by atoms with Gasteiger partial charge in [-0.3, -0.25) is 14.6 Å². The van der Waals surface area contributed by atoms with E-state index in [9.17, 15) is 4.79 Å². The molecule has 0 saturated carbocycles. The molecular weight excluding hydrogens is 384 g/mol. The molecule has 0 N–H and O–H groups in total. The van der Waals surface area contributed by atoms with Gasteiger partial charge in [-0.15, -0.1) is 11.3 Å². The number of likely N-dealkylation sites (tertiary alicyclic amines) is 1. The van der Waals surface area contributed by atoms with E-state index in [4.69, 9.17) is 4.74 Å². The molecule has 0 spiro atoms. The SMILES string of the molecule is CN(Cc1cscn1)Cc1ccc2n(c1=O)C[C@H]1C[C@@H]2CN(C2CCOCC2)C1. The second-order valence-corrected chi connectivity index (χ2v) is 9.67. The summed E-state index contributed by atoms with van der Waals surface area (Å²) in [7, 11) is 2.06. The third kappa shape index (κ3) is 4.06. The summed E-state index contributed by atoms with van der Waals surface area (Å²) in [5, 5.41) is 2.07. The van der Waals surface area contributed by atoms with Crippen LogP contribution in [0.1, 0.15) is 42.1 Å². The molecule has 2 atom stereocenters. The average Bonchev–Trinajstić information content (AvgIpc) is 3.24. The summed E-state index contributed by atoms with van der Waals surface area (Å²) >= 11 is 1.61. The molecule has 2 fully saturated rings. The maximum absolute atomic E-state index is 13.3. The summed E-state index contributed by atoms with van der Waals surface area (Å²) in [6.07, 6.45) is 3.52. The quantitative estimate of drug-likeness (QED) is 0.753. The fraction of sp³-hybridized carbons (Fsp3) is 0.636. The van der Waals surface area contributed by atoms with Gasteiger partial charge in [-0.1, -0.05) is 6.07 Å². The van der Waals surface area contributed by atoms with E-state index in [1.165, 1.54) is 12.1 Å². The number of thiazole rings is 1. The smallest absolute Gasteiger partial charge is 0.255 e. The molecular formula is C22H30N4O2S. The first-order chi connectivity index (χ1) is 14.2. The first-order valence-electron chi connectivity index (χ1n) is 10.8. The van der Waals surface area contributed by atoms with Crippen molar-refractivity contribution in [3.8, 4) is 0 Å². The van der Waals surface area contributed by atoms with Gasteiger partial charge in [0.1, 0.15) is 0 Å². The first-order valence-corrected chi connectivity index (χ1v) is 11.7. The first kappa shape index (κ1) is 19.4. The monoisotopic (exact) mass is 414 g/mol. The van der Waals surface area contributed by atoms with E-state index in [0.717, 1.165) is 63.5 Å². The summed E-state index contributed by atoms with van der Waals surface area (Å²) < 4.78 is 7.64. The van der Waals surface area contributed by atoms with E-state index in [2.05, 4.69) is 43.9 Å². The molecule has 6 nitrogen and oxygen atoms in total. The van der Waals surface area contributed by atoms with Crippen LogP contribution >= 0.6 is 11.3 Å². The number of nitrogens with zero attached hydrogens (tertiary/aromatic N) is 4. The lowest BCUT2D eigenvalue weighted by Gasteiger charge is -2.46. The molecule has 0 radical (unpaired) electrons. The predicted octanol–water partition coefficient (Wildman–Crippen LogP) is 2.53. The molecule has 2 saturated heterocycles. The van der Waals surface area contributed by atoms with Crippen LogP contribution in [0, 0.1) is 5.92 Å². The molecule has 3 aliphatic heterocycles. The zero-order chi connectivity index (χ0) is 19.8. The fourth-order valence-corrected chi connectivity index (χ4v) is 5.99. The Morgan fingerprint density at radius 2 is 2.07 bits per heavy atom. The highest BCUT2D eigenvalue weighted by atomic mass is 32.1. The number of piperidine rings is 1. The van der Waals surface area contributed by atoms with Crippen LogP contribution in [0.4, 0.5) is 0 Å². The highest BCUT2D eigenvalue weighted by Gasteiger charge is 2.37. The third-order valence-corrected chi connectivity index (χ3v) is 7.41. The Balaban J connectivity index is 1.32. The van der Waals surface area contributed by atoms with E-state index < -0.39 is 0 Å². The number of fused-ring (bicyclic) bond motifs is 4. The summed E-state index contributed by atoms with van der Waals surface area (Å²) in [4.78, 5) is 22.5. The maximum Gasteiger partial charge on any atom is 0.255 e. The summed E-state index contributed by atoms with van der Waals surface area (Å²) in [5.74, 6) is 1.07. The van der Waals surface area contributed by atoms with E-state index in [0.29, 0.717) is 24.4 Å². The van der Waals surface area contributed by atoms with Crippen LogP contribution in [0.2, 0.25) is 0 Å². The van der Waals surface area contributed by atoms with Crippen molar-refractivity contribution in [1.82, 2.24) is 19.4 Å². The standard InChI is InChI=1S/C22H30N4O2S/c1-24(13-19-14-29-15-23-19)11-17-2-3-21-18-8-16(10-26(21)22(17)27)9-25(12-18)20-4-6-28-7-5-20/h2-3,14-16,18,20H,4-13H2,1H3/t16-,18+/m0/s1. The number of hydrogen-bond donors (Lipinski definition) is 0. The zero-order valence-electron chi connectivity index (χ0n) is 17.1. The van der Waals surface area contributed by atoms with E-state index in [1.54, 1.807) is 11.3 Å². The van der Waals surface area contributed by atoms with Crippen LogP contribution in [-0.2, 0) is 24.4 Å². The van der Waals surface area contributed by atoms with Crippen LogP contribution in [-0.4, -0.2) is 58.7 Å². The van der Waals surface area contributed by atoms with Crippen molar-refractivity contribution in [2.24, 2.45) is 5.92 Å². The molecule has 2 aromatic heterocycles. The van der Waals surface area contributed by atoms with Crippen molar-refractivity contribution in [1.29, 1.82) is 0 Å². The Hall–Kier alpha value is -1.54. The lowest BCUT2D eigenvalue weighted by atomic mass is 9.82. The Morgan fingerprint density at radius 1 is 1.21 bits per heavy atom. The Morgan fingerprint density at radius 3 is 2.86 bits per heavy atom. The van der Waals surface area contributed by atoms with Gasteiger partial charge in [0, 0.05) is 74.5 Å². The molecule has 0 amide bonds.